The van der Waals surface area contributed by atoms with Gasteiger partial charge in [0.1, 0.15) is 0 Å². The average molecular weight is 313 g/mol. The molecule has 0 radical (unpaired) electrons. The van der Waals surface area contributed by atoms with Gasteiger partial charge in [-0.25, -0.2) is 0 Å². The van der Waals surface area contributed by atoms with Crippen LogP contribution in [0.25, 0.3) is 32.1 Å². The van der Waals surface area contributed by atoms with Crippen molar-refractivity contribution >= 4 is 11.3 Å². The number of benzene rings is 2. The highest BCUT2D eigenvalue weighted by Crippen LogP contribution is 2.33. The number of thiophene rings is 1. The molecule has 0 saturated carbocycles. The van der Waals surface area contributed by atoms with E-state index in [1.807, 2.05) is 18.3 Å². The summed E-state index contributed by atoms with van der Waals surface area (Å²) in [5.74, 6) is 0. The average Bonchev–Trinajstić information content (AvgIpc) is 3.14. The van der Waals surface area contributed by atoms with E-state index in [1.54, 1.807) is 11.3 Å². The topological polar surface area (TPSA) is 12.9 Å². The molecule has 23 heavy (non-hydrogen) atoms. The Morgan fingerprint density at radius 2 is 1.17 bits per heavy atom. The lowest BCUT2D eigenvalue weighted by molar-refractivity contribution is 1.34. The lowest BCUT2D eigenvalue weighted by Gasteiger charge is -2.02. The monoisotopic (exact) mass is 313 g/mol. The maximum atomic E-state index is 4.64. The maximum Gasteiger partial charge on any atom is 0.0802 e. The summed E-state index contributed by atoms with van der Waals surface area (Å²) in [5, 5.41) is 0. The Kier molecular flexibility index (Phi) is 3.75. The van der Waals surface area contributed by atoms with E-state index in [0.29, 0.717) is 0 Å². The predicted octanol–water partition coefficient (Wildman–Crippen LogP) is 6.14. The molecule has 2 heteroatoms. The van der Waals surface area contributed by atoms with Gasteiger partial charge in [-0.15, -0.1) is 11.3 Å². The highest BCUT2D eigenvalue weighted by molar-refractivity contribution is 7.18. The second kappa shape index (κ2) is 6.19. The lowest BCUT2D eigenvalue weighted by Crippen LogP contribution is -1.82. The van der Waals surface area contributed by atoms with Gasteiger partial charge in [-0.1, -0.05) is 66.7 Å². The molecule has 2 heterocycles. The first-order chi connectivity index (χ1) is 11.4. The van der Waals surface area contributed by atoms with E-state index >= 15 is 0 Å². The number of nitrogens with zero attached hydrogens (tertiary/aromatic N) is 1. The van der Waals surface area contributed by atoms with E-state index < -0.39 is 0 Å². The number of hydrogen-bond acceptors (Lipinski definition) is 2. The third-order valence-corrected chi connectivity index (χ3v) is 4.94. The predicted molar refractivity (Wildman–Crippen MR) is 98.4 cm³/mol. The van der Waals surface area contributed by atoms with Crippen LogP contribution in [-0.2, 0) is 0 Å². The fourth-order valence-corrected chi connectivity index (χ4v) is 3.56. The minimum absolute atomic E-state index is 1.02. The summed E-state index contributed by atoms with van der Waals surface area (Å²) < 4.78 is 0. The van der Waals surface area contributed by atoms with Crippen molar-refractivity contribution in [1.82, 2.24) is 4.98 Å². The lowest BCUT2D eigenvalue weighted by atomic mass is 10.1. The number of pyridine rings is 1. The Morgan fingerprint density at radius 1 is 0.522 bits per heavy atom. The van der Waals surface area contributed by atoms with E-state index in [2.05, 4.69) is 77.8 Å². The normalized spacial score (nSPS) is 10.6. The summed E-state index contributed by atoms with van der Waals surface area (Å²) in [5.41, 5.74) is 4.62. The van der Waals surface area contributed by atoms with Crippen molar-refractivity contribution in [2.24, 2.45) is 0 Å². The van der Waals surface area contributed by atoms with Crippen LogP contribution < -0.4 is 0 Å². The van der Waals surface area contributed by atoms with E-state index in [4.69, 9.17) is 0 Å². The maximum absolute atomic E-state index is 4.64. The second-order valence-corrected chi connectivity index (χ2v) is 6.41. The third-order valence-electron chi connectivity index (χ3n) is 3.79. The van der Waals surface area contributed by atoms with Gasteiger partial charge in [-0.2, -0.15) is 0 Å². The van der Waals surface area contributed by atoms with Crippen LogP contribution >= 0.6 is 11.3 Å². The highest BCUT2D eigenvalue weighted by Gasteiger charge is 2.06. The number of aromatic nitrogens is 1. The van der Waals surface area contributed by atoms with Crippen molar-refractivity contribution < 1.29 is 0 Å². The molecule has 0 aliphatic carbocycles. The van der Waals surface area contributed by atoms with E-state index in [1.165, 1.54) is 20.9 Å². The van der Waals surface area contributed by atoms with Crippen LogP contribution in [0.15, 0.2) is 91.1 Å². The first kappa shape index (κ1) is 13.9. The molecule has 0 N–H and O–H groups in total. The van der Waals surface area contributed by atoms with Gasteiger partial charge in [0.25, 0.3) is 0 Å². The zero-order valence-electron chi connectivity index (χ0n) is 12.5. The van der Waals surface area contributed by atoms with E-state index in [9.17, 15) is 0 Å². The van der Waals surface area contributed by atoms with Gasteiger partial charge in [0, 0.05) is 16.6 Å². The molecule has 0 aliphatic heterocycles. The van der Waals surface area contributed by atoms with Gasteiger partial charge in [0.2, 0.25) is 0 Å². The minimum Gasteiger partial charge on any atom is -0.255 e. The summed E-state index contributed by atoms with van der Waals surface area (Å²) >= 11 is 1.78. The standard InChI is InChI=1S/C21H15NS/c1-3-7-16(8-4-1)18-11-12-19(22-15-18)21-14-13-20(23-21)17-9-5-2-6-10-17/h1-15H. The molecule has 110 valence electrons. The van der Waals surface area contributed by atoms with Crippen molar-refractivity contribution in [3.63, 3.8) is 0 Å². The first-order valence-corrected chi connectivity index (χ1v) is 8.39. The first-order valence-electron chi connectivity index (χ1n) is 7.57. The molecule has 0 aliphatic rings. The summed E-state index contributed by atoms with van der Waals surface area (Å²) in [6.45, 7) is 0. The molecule has 4 rings (SSSR count). The third kappa shape index (κ3) is 2.94. The van der Waals surface area contributed by atoms with Gasteiger partial charge in [-0.3, -0.25) is 4.98 Å². The molecule has 2 aromatic carbocycles. The van der Waals surface area contributed by atoms with Crippen LogP contribution in [0.3, 0.4) is 0 Å². The van der Waals surface area contributed by atoms with Gasteiger partial charge < -0.3 is 0 Å². The van der Waals surface area contributed by atoms with Crippen LogP contribution in [0.2, 0.25) is 0 Å². The zero-order valence-corrected chi connectivity index (χ0v) is 13.3. The minimum atomic E-state index is 1.02. The number of hydrogen-bond donors (Lipinski definition) is 0. The van der Waals surface area contributed by atoms with Gasteiger partial charge >= 0.3 is 0 Å². The van der Waals surface area contributed by atoms with Crippen molar-refractivity contribution in [2.45, 2.75) is 0 Å². The number of rotatable bonds is 3. The summed E-state index contributed by atoms with van der Waals surface area (Å²) in [4.78, 5) is 7.11. The van der Waals surface area contributed by atoms with Crippen molar-refractivity contribution in [3.8, 4) is 32.1 Å². The Hall–Kier alpha value is -2.71. The van der Waals surface area contributed by atoms with Crippen LogP contribution in [0, 0.1) is 0 Å². The molecular formula is C21H15NS. The van der Waals surface area contributed by atoms with E-state index in [0.717, 1.165) is 11.3 Å². The molecular weight excluding hydrogens is 298 g/mol. The molecule has 0 atom stereocenters. The Balaban J connectivity index is 1.63. The molecule has 0 spiro atoms. The Morgan fingerprint density at radius 3 is 1.83 bits per heavy atom. The SMILES string of the molecule is c1ccc(-c2ccc(-c3ccc(-c4ccccc4)s3)nc2)cc1. The molecule has 0 fully saturated rings. The van der Waals surface area contributed by atoms with Gasteiger partial charge in [-0.05, 0) is 29.3 Å². The Bertz CT molecular complexity index is 894. The van der Waals surface area contributed by atoms with E-state index in [-0.39, 0.29) is 0 Å². The molecule has 0 amide bonds. The summed E-state index contributed by atoms with van der Waals surface area (Å²) in [7, 11) is 0. The van der Waals surface area contributed by atoms with Crippen molar-refractivity contribution in [1.29, 1.82) is 0 Å². The highest BCUT2D eigenvalue weighted by atomic mass is 32.1. The van der Waals surface area contributed by atoms with Crippen molar-refractivity contribution in [2.75, 3.05) is 0 Å². The van der Waals surface area contributed by atoms with Crippen LogP contribution in [-0.4, -0.2) is 4.98 Å². The molecule has 4 aromatic rings. The smallest absolute Gasteiger partial charge is 0.0802 e. The molecule has 0 saturated heterocycles. The largest absolute Gasteiger partial charge is 0.255 e. The van der Waals surface area contributed by atoms with Gasteiger partial charge in [0.15, 0.2) is 0 Å². The Labute approximate surface area is 139 Å². The molecule has 0 bridgehead atoms. The molecule has 1 nitrogen and oxygen atoms in total. The van der Waals surface area contributed by atoms with Crippen LogP contribution in [0.1, 0.15) is 0 Å². The zero-order chi connectivity index (χ0) is 15.5. The fraction of sp³-hybridized carbons (Fsp3) is 0. The van der Waals surface area contributed by atoms with Crippen LogP contribution in [0.4, 0.5) is 0 Å². The quantitative estimate of drug-likeness (QED) is 0.442. The second-order valence-electron chi connectivity index (χ2n) is 5.33. The fourth-order valence-electron chi connectivity index (χ4n) is 2.57. The van der Waals surface area contributed by atoms with Gasteiger partial charge in [0.05, 0.1) is 10.6 Å². The van der Waals surface area contributed by atoms with Crippen LogP contribution in [0.5, 0.6) is 0 Å². The summed E-state index contributed by atoms with van der Waals surface area (Å²) in [6, 6.07) is 29.4. The molecule has 0 unspecified atom stereocenters. The summed E-state index contributed by atoms with van der Waals surface area (Å²) in [6.07, 6.45) is 1.95. The van der Waals surface area contributed by atoms with Crippen molar-refractivity contribution in [3.05, 3.63) is 91.1 Å². The molecule has 2 aromatic heterocycles.